The lowest BCUT2D eigenvalue weighted by Gasteiger charge is -2.32. The number of hydrogen-bond donors (Lipinski definition) is 1. The van der Waals surface area contributed by atoms with Gasteiger partial charge in [-0.25, -0.2) is 0 Å². The summed E-state index contributed by atoms with van der Waals surface area (Å²) in [5, 5.41) is 3.41. The van der Waals surface area contributed by atoms with Crippen molar-refractivity contribution < 1.29 is 4.74 Å². The highest BCUT2D eigenvalue weighted by molar-refractivity contribution is 4.98. The van der Waals surface area contributed by atoms with Crippen molar-refractivity contribution in [1.29, 1.82) is 0 Å². The van der Waals surface area contributed by atoms with E-state index in [1.54, 1.807) is 0 Å². The van der Waals surface area contributed by atoms with Crippen molar-refractivity contribution in [1.82, 2.24) is 5.32 Å². The fourth-order valence-corrected chi connectivity index (χ4v) is 2.92. The Kier molecular flexibility index (Phi) is 3.27. The fourth-order valence-electron chi connectivity index (χ4n) is 2.92. The van der Waals surface area contributed by atoms with Gasteiger partial charge in [0.05, 0.1) is 11.2 Å². The third-order valence-electron chi connectivity index (χ3n) is 3.44. The summed E-state index contributed by atoms with van der Waals surface area (Å²) < 4.78 is 6.09. The number of rotatable bonds is 3. The van der Waals surface area contributed by atoms with E-state index < -0.39 is 0 Å². The molecule has 2 atom stereocenters. The summed E-state index contributed by atoms with van der Waals surface area (Å²) in [7, 11) is 2.05. The Labute approximate surface area is 88.4 Å². The van der Waals surface area contributed by atoms with E-state index in [9.17, 15) is 0 Å². The van der Waals surface area contributed by atoms with Crippen LogP contribution in [0, 0.1) is 5.92 Å². The Morgan fingerprint density at radius 3 is 2.21 bits per heavy atom. The second-order valence-electron chi connectivity index (χ2n) is 5.58. The Morgan fingerprint density at radius 1 is 1.36 bits per heavy atom. The van der Waals surface area contributed by atoms with Crippen LogP contribution in [0.1, 0.15) is 47.5 Å². The Bertz CT molecular complexity index is 194. The molecular formula is C12H25NO. The minimum absolute atomic E-state index is 0.00713. The highest BCUT2D eigenvalue weighted by atomic mass is 16.5. The molecule has 0 spiro atoms. The molecule has 1 saturated heterocycles. The van der Waals surface area contributed by atoms with Gasteiger partial charge in [-0.1, -0.05) is 6.92 Å². The second-order valence-corrected chi connectivity index (χ2v) is 5.58. The van der Waals surface area contributed by atoms with E-state index in [1.165, 1.54) is 6.42 Å². The summed E-state index contributed by atoms with van der Waals surface area (Å²) in [6, 6.07) is 0.576. The van der Waals surface area contributed by atoms with Gasteiger partial charge in [0.1, 0.15) is 0 Å². The van der Waals surface area contributed by atoms with E-state index in [-0.39, 0.29) is 11.2 Å². The molecule has 1 aliphatic rings. The van der Waals surface area contributed by atoms with Gasteiger partial charge in [-0.3, -0.25) is 0 Å². The molecule has 1 heterocycles. The molecule has 0 aromatic rings. The number of nitrogens with one attached hydrogen (secondary N) is 1. The molecule has 0 aromatic carbocycles. The van der Waals surface area contributed by atoms with E-state index in [0.717, 1.165) is 6.42 Å². The second kappa shape index (κ2) is 3.82. The van der Waals surface area contributed by atoms with Crippen LogP contribution in [-0.2, 0) is 4.74 Å². The first kappa shape index (κ1) is 12.0. The molecule has 1 fully saturated rings. The van der Waals surface area contributed by atoms with Crippen molar-refractivity contribution in [3.05, 3.63) is 0 Å². The molecule has 1 N–H and O–H groups in total. The van der Waals surface area contributed by atoms with Gasteiger partial charge in [0.25, 0.3) is 0 Å². The highest BCUT2D eigenvalue weighted by Crippen LogP contribution is 2.43. The normalized spacial score (nSPS) is 31.7. The Hall–Kier alpha value is -0.0800. The first-order valence-corrected chi connectivity index (χ1v) is 5.70. The molecule has 0 amide bonds. The predicted octanol–water partition coefficient (Wildman–Crippen LogP) is 2.58. The summed E-state index contributed by atoms with van der Waals surface area (Å²) in [4.78, 5) is 0. The minimum Gasteiger partial charge on any atom is -0.369 e. The van der Waals surface area contributed by atoms with Crippen LogP contribution in [0.3, 0.4) is 0 Å². The van der Waals surface area contributed by atoms with E-state index >= 15 is 0 Å². The summed E-state index contributed by atoms with van der Waals surface area (Å²) in [5.74, 6) is 0.618. The van der Waals surface area contributed by atoms with E-state index in [1.807, 2.05) is 0 Å². The topological polar surface area (TPSA) is 21.3 Å². The Morgan fingerprint density at radius 2 is 1.93 bits per heavy atom. The molecule has 1 rings (SSSR count). The predicted molar refractivity (Wildman–Crippen MR) is 60.5 cm³/mol. The maximum absolute atomic E-state index is 6.09. The SMILES string of the molecule is CCC(NC)C1CC(C)(C)OC1(C)C. The van der Waals surface area contributed by atoms with E-state index in [4.69, 9.17) is 4.74 Å². The first-order valence-electron chi connectivity index (χ1n) is 5.70. The zero-order valence-electron chi connectivity index (χ0n) is 10.5. The average molecular weight is 199 g/mol. The van der Waals surface area contributed by atoms with Crippen LogP contribution >= 0.6 is 0 Å². The van der Waals surface area contributed by atoms with Crippen molar-refractivity contribution in [3.8, 4) is 0 Å². The Balaban J connectivity index is 2.78. The quantitative estimate of drug-likeness (QED) is 0.754. The summed E-state index contributed by atoms with van der Waals surface area (Å²) in [5.41, 5.74) is 0.0472. The zero-order valence-corrected chi connectivity index (χ0v) is 10.5. The minimum atomic E-state index is 0.00713. The maximum atomic E-state index is 6.09. The summed E-state index contributed by atoms with van der Waals surface area (Å²) in [6.45, 7) is 11.1. The molecule has 0 saturated carbocycles. The third kappa shape index (κ3) is 2.29. The molecule has 0 bridgehead atoms. The standard InChI is InChI=1S/C12H25NO/c1-7-10(13-6)9-8-11(2,3)14-12(9,4)5/h9-10,13H,7-8H2,1-6H3. The first-order chi connectivity index (χ1) is 6.32. The van der Waals surface area contributed by atoms with Crippen molar-refractivity contribution >= 4 is 0 Å². The van der Waals surface area contributed by atoms with Crippen LogP contribution in [0.5, 0.6) is 0 Å². The molecule has 2 heteroatoms. The van der Waals surface area contributed by atoms with Gasteiger partial charge in [0, 0.05) is 12.0 Å². The number of ether oxygens (including phenoxy) is 1. The van der Waals surface area contributed by atoms with Crippen LogP contribution in [0.4, 0.5) is 0 Å². The number of hydrogen-bond acceptors (Lipinski definition) is 2. The molecule has 1 aliphatic heterocycles. The van der Waals surface area contributed by atoms with E-state index in [2.05, 4.69) is 47.0 Å². The third-order valence-corrected chi connectivity index (χ3v) is 3.44. The van der Waals surface area contributed by atoms with Gasteiger partial charge in [0.2, 0.25) is 0 Å². The zero-order chi connectivity index (χ0) is 11.0. The molecule has 14 heavy (non-hydrogen) atoms. The fraction of sp³-hybridized carbons (Fsp3) is 1.00. The van der Waals surface area contributed by atoms with Crippen molar-refractivity contribution in [2.24, 2.45) is 5.92 Å². The van der Waals surface area contributed by atoms with Crippen molar-refractivity contribution in [3.63, 3.8) is 0 Å². The molecule has 0 radical (unpaired) electrons. The largest absolute Gasteiger partial charge is 0.369 e. The summed E-state index contributed by atoms with van der Waals surface area (Å²) in [6.07, 6.45) is 2.32. The highest BCUT2D eigenvalue weighted by Gasteiger charge is 2.48. The molecule has 2 nitrogen and oxygen atoms in total. The smallest absolute Gasteiger partial charge is 0.0677 e. The van der Waals surface area contributed by atoms with Gasteiger partial charge in [-0.2, -0.15) is 0 Å². The van der Waals surface area contributed by atoms with Crippen LogP contribution in [0.25, 0.3) is 0 Å². The van der Waals surface area contributed by atoms with Crippen LogP contribution < -0.4 is 5.32 Å². The van der Waals surface area contributed by atoms with Gasteiger partial charge >= 0.3 is 0 Å². The average Bonchev–Trinajstić information content (AvgIpc) is 2.22. The summed E-state index contributed by atoms with van der Waals surface area (Å²) >= 11 is 0. The molecule has 2 unspecified atom stereocenters. The lowest BCUT2D eigenvalue weighted by atomic mass is 9.81. The van der Waals surface area contributed by atoms with Gasteiger partial charge < -0.3 is 10.1 Å². The molecular weight excluding hydrogens is 174 g/mol. The van der Waals surface area contributed by atoms with E-state index in [0.29, 0.717) is 12.0 Å². The lowest BCUT2D eigenvalue weighted by Crippen LogP contribution is -2.42. The molecule has 0 aromatic heterocycles. The maximum Gasteiger partial charge on any atom is 0.0677 e. The van der Waals surface area contributed by atoms with Crippen LogP contribution in [0.15, 0.2) is 0 Å². The van der Waals surface area contributed by atoms with Gasteiger partial charge in [0.15, 0.2) is 0 Å². The van der Waals surface area contributed by atoms with Crippen molar-refractivity contribution in [2.75, 3.05) is 7.05 Å². The van der Waals surface area contributed by atoms with Crippen LogP contribution in [-0.4, -0.2) is 24.3 Å². The van der Waals surface area contributed by atoms with Gasteiger partial charge in [-0.15, -0.1) is 0 Å². The molecule has 84 valence electrons. The van der Waals surface area contributed by atoms with Crippen LogP contribution in [0.2, 0.25) is 0 Å². The molecule has 0 aliphatic carbocycles. The lowest BCUT2D eigenvalue weighted by molar-refractivity contribution is -0.0775. The monoisotopic (exact) mass is 199 g/mol. The van der Waals surface area contributed by atoms with Gasteiger partial charge in [-0.05, 0) is 47.6 Å². The van der Waals surface area contributed by atoms with Crippen molar-refractivity contribution in [2.45, 2.75) is 64.7 Å².